The van der Waals surface area contributed by atoms with E-state index >= 15 is 0 Å². The van der Waals surface area contributed by atoms with Gasteiger partial charge in [0.15, 0.2) is 0 Å². The van der Waals surface area contributed by atoms with Crippen LogP contribution < -0.4 is 0 Å². The first-order chi connectivity index (χ1) is 13.6. The Morgan fingerprint density at radius 1 is 1.14 bits per heavy atom. The second kappa shape index (κ2) is 9.45. The van der Waals surface area contributed by atoms with Crippen LogP contribution >= 0.6 is 0 Å². The molecule has 2 rings (SSSR count). The molecule has 1 aliphatic heterocycles. The molecule has 1 atom stereocenters. The van der Waals surface area contributed by atoms with Gasteiger partial charge in [0.1, 0.15) is 24.0 Å². The number of carbonyl (C=O) groups is 3. The van der Waals surface area contributed by atoms with Gasteiger partial charge >= 0.3 is 18.0 Å². The fourth-order valence-electron chi connectivity index (χ4n) is 2.78. The zero-order chi connectivity index (χ0) is 21.6. The Labute approximate surface area is 170 Å². The minimum Gasteiger partial charge on any atom is -0.510 e. The van der Waals surface area contributed by atoms with Crippen molar-refractivity contribution < 1.29 is 33.7 Å². The molecule has 158 valence electrons. The van der Waals surface area contributed by atoms with Gasteiger partial charge in [-0.15, -0.1) is 0 Å². The summed E-state index contributed by atoms with van der Waals surface area (Å²) in [6.07, 6.45) is -1.01. The Morgan fingerprint density at radius 2 is 1.79 bits per heavy atom. The monoisotopic (exact) mass is 405 g/mol. The van der Waals surface area contributed by atoms with Crippen LogP contribution in [0.15, 0.2) is 41.7 Å². The molecule has 0 bridgehead atoms. The lowest BCUT2D eigenvalue weighted by Crippen LogP contribution is -2.51. The topological polar surface area (TPSA) is 102 Å². The SMILES string of the molecule is CCOC(=O)C1=C(O)CN(C(=O)OCc2ccccc2)[C@H](C(=O)OC(C)(C)C)C1. The molecular formula is C21H27NO7. The number of benzene rings is 1. The van der Waals surface area contributed by atoms with Gasteiger partial charge in [-0.05, 0) is 33.3 Å². The second-order valence-electron chi connectivity index (χ2n) is 7.57. The van der Waals surface area contributed by atoms with Crippen molar-refractivity contribution in [3.05, 3.63) is 47.2 Å². The molecule has 29 heavy (non-hydrogen) atoms. The summed E-state index contributed by atoms with van der Waals surface area (Å²) in [5, 5.41) is 10.3. The first kappa shape index (κ1) is 22.3. The lowest BCUT2D eigenvalue weighted by molar-refractivity contribution is -0.161. The molecular weight excluding hydrogens is 378 g/mol. The first-order valence-corrected chi connectivity index (χ1v) is 9.40. The summed E-state index contributed by atoms with van der Waals surface area (Å²) in [6.45, 7) is 6.51. The molecule has 0 aromatic heterocycles. The van der Waals surface area contributed by atoms with Crippen LogP contribution in [0.25, 0.3) is 0 Å². The Bertz CT molecular complexity index is 780. The van der Waals surface area contributed by atoms with E-state index in [1.165, 1.54) is 0 Å². The van der Waals surface area contributed by atoms with Crippen molar-refractivity contribution >= 4 is 18.0 Å². The van der Waals surface area contributed by atoms with Gasteiger partial charge in [-0.3, -0.25) is 4.90 Å². The van der Waals surface area contributed by atoms with Crippen molar-refractivity contribution in [3.8, 4) is 0 Å². The molecule has 1 N–H and O–H groups in total. The maximum absolute atomic E-state index is 12.7. The molecule has 0 saturated heterocycles. The van der Waals surface area contributed by atoms with Gasteiger partial charge in [0.2, 0.25) is 0 Å². The van der Waals surface area contributed by atoms with Crippen molar-refractivity contribution in [1.29, 1.82) is 0 Å². The summed E-state index contributed by atoms with van der Waals surface area (Å²) < 4.78 is 15.6. The highest BCUT2D eigenvalue weighted by atomic mass is 16.6. The number of nitrogens with zero attached hydrogens (tertiary/aromatic N) is 1. The molecule has 1 heterocycles. The van der Waals surface area contributed by atoms with E-state index in [9.17, 15) is 19.5 Å². The number of hydrogen-bond acceptors (Lipinski definition) is 7. The van der Waals surface area contributed by atoms with Gasteiger partial charge in [-0.2, -0.15) is 0 Å². The van der Waals surface area contributed by atoms with Gasteiger partial charge in [-0.1, -0.05) is 30.3 Å². The molecule has 0 saturated carbocycles. The zero-order valence-electron chi connectivity index (χ0n) is 17.1. The summed E-state index contributed by atoms with van der Waals surface area (Å²) >= 11 is 0. The molecule has 8 heteroatoms. The average Bonchev–Trinajstić information content (AvgIpc) is 2.65. The second-order valence-corrected chi connectivity index (χ2v) is 7.57. The van der Waals surface area contributed by atoms with Crippen LogP contribution in [0, 0.1) is 0 Å². The van der Waals surface area contributed by atoms with Crippen molar-refractivity contribution in [2.75, 3.05) is 13.2 Å². The third-order valence-corrected chi connectivity index (χ3v) is 4.08. The minimum atomic E-state index is -1.12. The van der Waals surface area contributed by atoms with Gasteiger partial charge < -0.3 is 19.3 Å². The third-order valence-electron chi connectivity index (χ3n) is 4.08. The highest BCUT2D eigenvalue weighted by Crippen LogP contribution is 2.26. The maximum Gasteiger partial charge on any atom is 0.411 e. The third kappa shape index (κ3) is 6.23. The summed E-state index contributed by atoms with van der Waals surface area (Å²) in [4.78, 5) is 38.5. The standard InChI is InChI=1S/C21H27NO7/c1-5-27-18(24)15-11-16(19(25)29-21(2,3)4)22(12-17(15)23)20(26)28-13-14-9-7-6-8-10-14/h6-10,16,23H,5,11-13H2,1-4H3/t16-/m0/s1. The van der Waals surface area contributed by atoms with Crippen LogP contribution in [0.1, 0.15) is 39.7 Å². The van der Waals surface area contributed by atoms with E-state index in [-0.39, 0.29) is 37.5 Å². The largest absolute Gasteiger partial charge is 0.510 e. The number of hydrogen-bond donors (Lipinski definition) is 1. The van der Waals surface area contributed by atoms with Gasteiger partial charge in [0.25, 0.3) is 0 Å². The van der Waals surface area contributed by atoms with Crippen LogP contribution in [0.3, 0.4) is 0 Å². The van der Waals surface area contributed by atoms with Crippen molar-refractivity contribution in [2.24, 2.45) is 0 Å². The molecule has 0 radical (unpaired) electrons. The number of rotatable bonds is 5. The van der Waals surface area contributed by atoms with Crippen LogP contribution in [0.5, 0.6) is 0 Å². The number of carbonyl (C=O) groups excluding carboxylic acids is 3. The quantitative estimate of drug-likeness (QED) is 0.593. The van der Waals surface area contributed by atoms with E-state index in [0.29, 0.717) is 0 Å². The van der Waals surface area contributed by atoms with E-state index in [2.05, 4.69) is 0 Å². The summed E-state index contributed by atoms with van der Waals surface area (Å²) in [7, 11) is 0. The van der Waals surface area contributed by atoms with Gasteiger partial charge in [-0.25, -0.2) is 14.4 Å². The molecule has 0 unspecified atom stereocenters. The molecule has 0 spiro atoms. The van der Waals surface area contributed by atoms with E-state index in [1.54, 1.807) is 39.8 Å². The Kier molecular flexibility index (Phi) is 7.25. The molecule has 1 amide bonds. The Hall–Kier alpha value is -3.03. The average molecular weight is 405 g/mol. The number of aliphatic hydroxyl groups excluding tert-OH is 1. The van der Waals surface area contributed by atoms with Gasteiger partial charge in [0, 0.05) is 6.42 Å². The molecule has 0 aliphatic carbocycles. The number of aliphatic hydroxyl groups is 1. The lowest BCUT2D eigenvalue weighted by atomic mass is 9.98. The Morgan fingerprint density at radius 3 is 2.38 bits per heavy atom. The lowest BCUT2D eigenvalue weighted by Gasteiger charge is -2.35. The van der Waals surface area contributed by atoms with Crippen LogP contribution in [-0.4, -0.2) is 52.8 Å². The normalized spacial score (nSPS) is 17.0. The minimum absolute atomic E-state index is 0.00637. The van der Waals surface area contributed by atoms with E-state index < -0.39 is 29.7 Å². The molecule has 8 nitrogen and oxygen atoms in total. The van der Waals surface area contributed by atoms with Crippen LogP contribution in [0.4, 0.5) is 4.79 Å². The first-order valence-electron chi connectivity index (χ1n) is 9.40. The highest BCUT2D eigenvalue weighted by Gasteiger charge is 2.41. The predicted molar refractivity (Wildman–Crippen MR) is 104 cm³/mol. The fraction of sp³-hybridized carbons (Fsp3) is 0.476. The van der Waals surface area contributed by atoms with E-state index in [4.69, 9.17) is 14.2 Å². The summed E-state index contributed by atoms with van der Waals surface area (Å²) in [5.74, 6) is -1.75. The zero-order valence-corrected chi connectivity index (χ0v) is 17.1. The van der Waals surface area contributed by atoms with Crippen molar-refractivity contribution in [2.45, 2.75) is 52.4 Å². The highest BCUT2D eigenvalue weighted by molar-refractivity contribution is 5.92. The number of ether oxygens (including phenoxy) is 3. The Balaban J connectivity index is 2.22. The molecule has 1 aliphatic rings. The van der Waals surface area contributed by atoms with Crippen molar-refractivity contribution in [3.63, 3.8) is 0 Å². The molecule has 1 aromatic rings. The molecule has 0 fully saturated rings. The number of esters is 2. The van der Waals surface area contributed by atoms with Crippen molar-refractivity contribution in [1.82, 2.24) is 4.90 Å². The van der Waals surface area contributed by atoms with E-state index in [1.807, 2.05) is 18.2 Å². The van der Waals surface area contributed by atoms with Crippen LogP contribution in [0.2, 0.25) is 0 Å². The maximum atomic E-state index is 12.7. The fourth-order valence-corrected chi connectivity index (χ4v) is 2.78. The molecule has 1 aromatic carbocycles. The smallest absolute Gasteiger partial charge is 0.411 e. The summed E-state index contributed by atoms with van der Waals surface area (Å²) in [5.41, 5.74) is -0.0576. The van der Waals surface area contributed by atoms with E-state index in [0.717, 1.165) is 10.5 Å². The summed E-state index contributed by atoms with van der Waals surface area (Å²) in [6, 6.07) is 7.94. The van der Waals surface area contributed by atoms with Crippen LogP contribution in [-0.2, 0) is 30.4 Å². The predicted octanol–water partition coefficient (Wildman–Crippen LogP) is 3.11. The number of amides is 1. The van der Waals surface area contributed by atoms with Gasteiger partial charge in [0.05, 0.1) is 18.7 Å².